The molecule has 1 aromatic rings. The van der Waals surface area contributed by atoms with Crippen LogP contribution in [0, 0.1) is 12.8 Å². The molecule has 0 radical (unpaired) electrons. The highest BCUT2D eigenvalue weighted by Crippen LogP contribution is 2.23. The molecular formula is C15H22N2O. The predicted octanol–water partition coefficient (Wildman–Crippen LogP) is 2.13. The minimum atomic E-state index is 0.110. The van der Waals surface area contributed by atoms with Gasteiger partial charge < -0.3 is 11.1 Å². The molecule has 0 spiro atoms. The zero-order valence-corrected chi connectivity index (χ0v) is 11.0. The molecule has 3 heteroatoms. The summed E-state index contributed by atoms with van der Waals surface area (Å²) in [6.07, 6.45) is 3.94. The molecule has 0 bridgehead atoms. The number of carbonyl (C=O) groups excluding carboxylic acids is 1. The first-order chi connectivity index (χ1) is 8.65. The fraction of sp³-hybridized carbons (Fsp3) is 0.533. The van der Waals surface area contributed by atoms with E-state index in [-0.39, 0.29) is 17.9 Å². The van der Waals surface area contributed by atoms with Crippen LogP contribution >= 0.6 is 0 Å². The number of hydrogen-bond acceptors (Lipinski definition) is 2. The number of nitrogens with one attached hydrogen (secondary N) is 1. The van der Waals surface area contributed by atoms with E-state index >= 15 is 0 Å². The molecule has 2 rings (SSSR count). The highest BCUT2D eigenvalue weighted by Gasteiger charge is 2.24. The van der Waals surface area contributed by atoms with E-state index in [1.54, 1.807) is 0 Å². The molecule has 2 unspecified atom stereocenters. The van der Waals surface area contributed by atoms with Crippen molar-refractivity contribution in [3.63, 3.8) is 0 Å². The van der Waals surface area contributed by atoms with Crippen molar-refractivity contribution in [3.05, 3.63) is 35.4 Å². The lowest BCUT2D eigenvalue weighted by Crippen LogP contribution is -2.37. The van der Waals surface area contributed by atoms with Gasteiger partial charge >= 0.3 is 0 Å². The van der Waals surface area contributed by atoms with Gasteiger partial charge in [0.2, 0.25) is 5.91 Å². The Morgan fingerprint density at radius 1 is 1.44 bits per heavy atom. The Bertz CT molecular complexity index is 417. The van der Waals surface area contributed by atoms with E-state index in [0.717, 1.165) is 31.2 Å². The van der Waals surface area contributed by atoms with Crippen LogP contribution in [0.4, 0.5) is 0 Å². The minimum absolute atomic E-state index is 0.110. The van der Waals surface area contributed by atoms with Gasteiger partial charge in [0.15, 0.2) is 0 Å². The van der Waals surface area contributed by atoms with E-state index in [1.165, 1.54) is 5.56 Å². The van der Waals surface area contributed by atoms with Gasteiger partial charge in [-0.15, -0.1) is 0 Å². The molecule has 0 aromatic heterocycles. The summed E-state index contributed by atoms with van der Waals surface area (Å²) >= 11 is 0. The quantitative estimate of drug-likeness (QED) is 0.858. The third-order valence-electron chi connectivity index (χ3n) is 3.63. The predicted molar refractivity (Wildman–Crippen MR) is 73.0 cm³/mol. The molecule has 1 aromatic carbocycles. The third kappa shape index (κ3) is 3.57. The van der Waals surface area contributed by atoms with Crippen molar-refractivity contribution in [1.29, 1.82) is 0 Å². The highest BCUT2D eigenvalue weighted by atomic mass is 16.1. The van der Waals surface area contributed by atoms with Crippen LogP contribution in [-0.2, 0) is 11.3 Å². The van der Waals surface area contributed by atoms with Gasteiger partial charge in [0.25, 0.3) is 0 Å². The first-order valence-electron chi connectivity index (χ1n) is 6.74. The van der Waals surface area contributed by atoms with Gasteiger partial charge in [-0.2, -0.15) is 0 Å². The average molecular weight is 246 g/mol. The largest absolute Gasteiger partial charge is 0.352 e. The average Bonchev–Trinajstić information content (AvgIpc) is 2.36. The van der Waals surface area contributed by atoms with Gasteiger partial charge in [0.1, 0.15) is 0 Å². The number of amides is 1. The molecule has 2 atom stereocenters. The van der Waals surface area contributed by atoms with Crippen LogP contribution in [0.5, 0.6) is 0 Å². The lowest BCUT2D eigenvalue weighted by Gasteiger charge is -2.25. The maximum Gasteiger partial charge on any atom is 0.223 e. The second-order valence-corrected chi connectivity index (χ2v) is 5.33. The van der Waals surface area contributed by atoms with Crippen molar-refractivity contribution in [2.45, 2.75) is 45.2 Å². The van der Waals surface area contributed by atoms with E-state index in [2.05, 4.69) is 24.4 Å². The van der Waals surface area contributed by atoms with Crippen molar-refractivity contribution < 1.29 is 4.79 Å². The standard InChI is InChI=1S/C15H22N2O/c1-11-4-2-5-12(8-11)10-17-15(18)13-6-3-7-14(16)9-13/h2,4-5,8,13-14H,3,6-7,9-10,16H2,1H3,(H,17,18). The third-order valence-corrected chi connectivity index (χ3v) is 3.63. The number of rotatable bonds is 3. The second kappa shape index (κ2) is 6.01. The smallest absolute Gasteiger partial charge is 0.223 e. The Hall–Kier alpha value is -1.35. The number of carbonyl (C=O) groups is 1. The highest BCUT2D eigenvalue weighted by molar-refractivity contribution is 5.78. The summed E-state index contributed by atoms with van der Waals surface area (Å²) in [6, 6.07) is 8.43. The van der Waals surface area contributed by atoms with E-state index in [0.29, 0.717) is 6.54 Å². The Kier molecular flexibility index (Phi) is 4.37. The monoisotopic (exact) mass is 246 g/mol. The summed E-state index contributed by atoms with van der Waals surface area (Å²) in [6.45, 7) is 2.68. The van der Waals surface area contributed by atoms with Crippen molar-refractivity contribution in [3.8, 4) is 0 Å². The summed E-state index contributed by atoms with van der Waals surface area (Å²) in [4.78, 5) is 12.0. The molecule has 1 aliphatic carbocycles. The lowest BCUT2D eigenvalue weighted by atomic mass is 9.85. The molecule has 1 saturated carbocycles. The summed E-state index contributed by atoms with van der Waals surface area (Å²) < 4.78 is 0. The Morgan fingerprint density at radius 2 is 2.28 bits per heavy atom. The molecular weight excluding hydrogens is 224 g/mol. The fourth-order valence-corrected chi connectivity index (χ4v) is 2.62. The Labute approximate surface area is 109 Å². The van der Waals surface area contributed by atoms with Gasteiger partial charge in [0, 0.05) is 18.5 Å². The van der Waals surface area contributed by atoms with Crippen LogP contribution < -0.4 is 11.1 Å². The second-order valence-electron chi connectivity index (χ2n) is 5.33. The van der Waals surface area contributed by atoms with Gasteiger partial charge in [-0.1, -0.05) is 36.2 Å². The van der Waals surface area contributed by atoms with Crippen LogP contribution in [0.25, 0.3) is 0 Å². The molecule has 0 aliphatic heterocycles. The van der Waals surface area contributed by atoms with Crippen molar-refractivity contribution in [2.24, 2.45) is 11.7 Å². The normalized spacial score (nSPS) is 23.7. The number of aryl methyl sites for hydroxylation is 1. The molecule has 0 heterocycles. The fourth-order valence-electron chi connectivity index (χ4n) is 2.62. The Morgan fingerprint density at radius 3 is 3.00 bits per heavy atom. The maximum absolute atomic E-state index is 12.0. The molecule has 1 aliphatic rings. The van der Waals surface area contributed by atoms with Gasteiger partial charge in [-0.05, 0) is 31.7 Å². The number of benzene rings is 1. The maximum atomic E-state index is 12.0. The van der Waals surface area contributed by atoms with Crippen molar-refractivity contribution in [1.82, 2.24) is 5.32 Å². The zero-order chi connectivity index (χ0) is 13.0. The van der Waals surface area contributed by atoms with E-state index in [9.17, 15) is 4.79 Å². The lowest BCUT2D eigenvalue weighted by molar-refractivity contribution is -0.126. The van der Waals surface area contributed by atoms with Crippen molar-refractivity contribution in [2.75, 3.05) is 0 Å². The van der Waals surface area contributed by atoms with E-state index in [4.69, 9.17) is 5.73 Å². The molecule has 1 amide bonds. The topological polar surface area (TPSA) is 55.1 Å². The Balaban J connectivity index is 1.84. The number of hydrogen-bond donors (Lipinski definition) is 2. The number of nitrogens with two attached hydrogens (primary N) is 1. The van der Waals surface area contributed by atoms with Crippen molar-refractivity contribution >= 4 is 5.91 Å². The van der Waals surface area contributed by atoms with Crippen LogP contribution in [-0.4, -0.2) is 11.9 Å². The van der Waals surface area contributed by atoms with Crippen LogP contribution in [0.15, 0.2) is 24.3 Å². The summed E-state index contributed by atoms with van der Waals surface area (Å²) in [7, 11) is 0. The molecule has 98 valence electrons. The van der Waals surface area contributed by atoms with Gasteiger partial charge in [-0.25, -0.2) is 0 Å². The first-order valence-corrected chi connectivity index (χ1v) is 6.74. The van der Waals surface area contributed by atoms with Gasteiger partial charge in [0.05, 0.1) is 0 Å². The van der Waals surface area contributed by atoms with Crippen LogP contribution in [0.1, 0.15) is 36.8 Å². The SMILES string of the molecule is Cc1cccc(CNC(=O)C2CCCC(N)C2)c1. The van der Waals surface area contributed by atoms with E-state index in [1.807, 2.05) is 12.1 Å². The zero-order valence-electron chi connectivity index (χ0n) is 11.0. The molecule has 0 saturated heterocycles. The first kappa shape index (κ1) is 13.1. The summed E-state index contributed by atoms with van der Waals surface area (Å²) in [5.41, 5.74) is 8.29. The van der Waals surface area contributed by atoms with Gasteiger partial charge in [-0.3, -0.25) is 4.79 Å². The van der Waals surface area contributed by atoms with Crippen LogP contribution in [0.2, 0.25) is 0 Å². The van der Waals surface area contributed by atoms with Crippen LogP contribution in [0.3, 0.4) is 0 Å². The molecule has 3 nitrogen and oxygen atoms in total. The molecule has 18 heavy (non-hydrogen) atoms. The molecule has 1 fully saturated rings. The minimum Gasteiger partial charge on any atom is -0.352 e. The van der Waals surface area contributed by atoms with E-state index < -0.39 is 0 Å². The summed E-state index contributed by atoms with van der Waals surface area (Å²) in [5, 5.41) is 3.02. The molecule has 3 N–H and O–H groups in total. The summed E-state index contributed by atoms with van der Waals surface area (Å²) in [5.74, 6) is 0.269.